The van der Waals surface area contributed by atoms with E-state index >= 15 is 0 Å². The standard InChI is InChI=1S/C12H20/c1-4-7-8-11-9-10(5-2)12(11)6-3/h4-5,7,10-12H,2,6,8-9H2,1,3H3. The third kappa shape index (κ3) is 1.80. The molecule has 0 nitrogen and oxygen atoms in total. The van der Waals surface area contributed by atoms with E-state index in [1.807, 2.05) is 0 Å². The van der Waals surface area contributed by atoms with Gasteiger partial charge in [0.15, 0.2) is 0 Å². The summed E-state index contributed by atoms with van der Waals surface area (Å²) >= 11 is 0. The second kappa shape index (κ2) is 4.49. The summed E-state index contributed by atoms with van der Waals surface area (Å²) in [6.07, 6.45) is 10.6. The zero-order valence-electron chi connectivity index (χ0n) is 8.29. The highest BCUT2D eigenvalue weighted by atomic mass is 14.4. The second-order valence-corrected chi connectivity index (χ2v) is 3.77. The molecule has 1 rings (SSSR count). The molecule has 68 valence electrons. The van der Waals surface area contributed by atoms with E-state index in [0.717, 1.165) is 17.8 Å². The summed E-state index contributed by atoms with van der Waals surface area (Å²) < 4.78 is 0. The molecule has 1 saturated carbocycles. The van der Waals surface area contributed by atoms with Crippen LogP contribution in [0.2, 0.25) is 0 Å². The first-order valence-electron chi connectivity index (χ1n) is 5.07. The van der Waals surface area contributed by atoms with Gasteiger partial charge in [-0.05, 0) is 37.5 Å². The van der Waals surface area contributed by atoms with Gasteiger partial charge in [0.05, 0.1) is 0 Å². The summed E-state index contributed by atoms with van der Waals surface area (Å²) in [5.74, 6) is 2.66. The largest absolute Gasteiger partial charge is 0.103 e. The van der Waals surface area contributed by atoms with E-state index < -0.39 is 0 Å². The summed E-state index contributed by atoms with van der Waals surface area (Å²) in [7, 11) is 0. The van der Waals surface area contributed by atoms with Gasteiger partial charge in [-0.3, -0.25) is 0 Å². The van der Waals surface area contributed by atoms with E-state index in [-0.39, 0.29) is 0 Å². The molecular formula is C12H20. The monoisotopic (exact) mass is 164 g/mol. The van der Waals surface area contributed by atoms with Crippen LogP contribution in [0, 0.1) is 17.8 Å². The highest BCUT2D eigenvalue weighted by Crippen LogP contribution is 2.45. The molecule has 3 unspecified atom stereocenters. The third-order valence-corrected chi connectivity index (χ3v) is 3.18. The van der Waals surface area contributed by atoms with Crippen molar-refractivity contribution < 1.29 is 0 Å². The molecule has 0 aromatic carbocycles. The molecule has 0 aliphatic heterocycles. The molecule has 0 radical (unpaired) electrons. The Balaban J connectivity index is 2.35. The van der Waals surface area contributed by atoms with Crippen molar-refractivity contribution in [3.63, 3.8) is 0 Å². The summed E-state index contributed by atoms with van der Waals surface area (Å²) in [5, 5.41) is 0. The van der Waals surface area contributed by atoms with Gasteiger partial charge in [0, 0.05) is 0 Å². The molecule has 12 heavy (non-hydrogen) atoms. The molecule has 3 atom stereocenters. The quantitative estimate of drug-likeness (QED) is 0.554. The lowest BCUT2D eigenvalue weighted by Gasteiger charge is -2.43. The zero-order valence-corrected chi connectivity index (χ0v) is 8.29. The SMILES string of the molecule is C=CC1CC(CC=CC)C1CC. The van der Waals surface area contributed by atoms with Crippen molar-refractivity contribution in [2.45, 2.75) is 33.1 Å². The Bertz CT molecular complexity index is 167. The van der Waals surface area contributed by atoms with Crippen molar-refractivity contribution >= 4 is 0 Å². The average Bonchev–Trinajstić information content (AvgIpc) is 2.04. The van der Waals surface area contributed by atoms with E-state index in [2.05, 4.69) is 38.7 Å². The Morgan fingerprint density at radius 2 is 2.25 bits per heavy atom. The van der Waals surface area contributed by atoms with Crippen molar-refractivity contribution in [1.29, 1.82) is 0 Å². The van der Waals surface area contributed by atoms with Gasteiger partial charge >= 0.3 is 0 Å². The van der Waals surface area contributed by atoms with Gasteiger partial charge in [-0.25, -0.2) is 0 Å². The Kier molecular flexibility index (Phi) is 3.58. The van der Waals surface area contributed by atoms with Crippen molar-refractivity contribution in [2.24, 2.45) is 17.8 Å². The molecular weight excluding hydrogens is 144 g/mol. The molecule has 1 aliphatic rings. The lowest BCUT2D eigenvalue weighted by Crippen LogP contribution is -2.34. The third-order valence-electron chi connectivity index (χ3n) is 3.18. The summed E-state index contributed by atoms with van der Waals surface area (Å²) in [6, 6.07) is 0. The Hall–Kier alpha value is -0.520. The Morgan fingerprint density at radius 3 is 2.75 bits per heavy atom. The van der Waals surface area contributed by atoms with Gasteiger partial charge in [0.25, 0.3) is 0 Å². The topological polar surface area (TPSA) is 0 Å². The lowest BCUT2D eigenvalue weighted by molar-refractivity contribution is 0.107. The van der Waals surface area contributed by atoms with Crippen LogP contribution in [-0.2, 0) is 0 Å². The highest BCUT2D eigenvalue weighted by Gasteiger charge is 2.36. The minimum absolute atomic E-state index is 0.810. The molecule has 0 heteroatoms. The van der Waals surface area contributed by atoms with Crippen molar-refractivity contribution in [3.8, 4) is 0 Å². The normalized spacial score (nSPS) is 35.0. The predicted molar refractivity (Wildman–Crippen MR) is 55.0 cm³/mol. The highest BCUT2D eigenvalue weighted by molar-refractivity contribution is 4.99. The Morgan fingerprint density at radius 1 is 1.50 bits per heavy atom. The maximum Gasteiger partial charge on any atom is -0.0202 e. The smallest absolute Gasteiger partial charge is 0.0202 e. The van der Waals surface area contributed by atoms with Crippen molar-refractivity contribution in [3.05, 3.63) is 24.8 Å². The van der Waals surface area contributed by atoms with E-state index in [1.165, 1.54) is 19.3 Å². The molecule has 1 fully saturated rings. The Labute approximate surface area is 76.4 Å². The van der Waals surface area contributed by atoms with Gasteiger partial charge in [-0.2, -0.15) is 0 Å². The first-order chi connectivity index (χ1) is 5.83. The second-order valence-electron chi connectivity index (χ2n) is 3.77. The van der Waals surface area contributed by atoms with Gasteiger partial charge in [0.2, 0.25) is 0 Å². The minimum Gasteiger partial charge on any atom is -0.103 e. The predicted octanol–water partition coefficient (Wildman–Crippen LogP) is 3.80. The molecule has 0 saturated heterocycles. The van der Waals surface area contributed by atoms with Gasteiger partial charge < -0.3 is 0 Å². The summed E-state index contributed by atoms with van der Waals surface area (Å²) in [4.78, 5) is 0. The van der Waals surface area contributed by atoms with Crippen LogP contribution in [0.1, 0.15) is 33.1 Å². The fraction of sp³-hybridized carbons (Fsp3) is 0.667. The first kappa shape index (κ1) is 9.57. The van der Waals surface area contributed by atoms with Crippen LogP contribution in [-0.4, -0.2) is 0 Å². The van der Waals surface area contributed by atoms with Gasteiger partial charge in [-0.15, -0.1) is 6.58 Å². The van der Waals surface area contributed by atoms with Crippen LogP contribution >= 0.6 is 0 Å². The molecule has 0 aromatic rings. The van der Waals surface area contributed by atoms with E-state index in [4.69, 9.17) is 0 Å². The summed E-state index contributed by atoms with van der Waals surface area (Å²) in [5.41, 5.74) is 0. The maximum absolute atomic E-state index is 3.88. The lowest BCUT2D eigenvalue weighted by atomic mass is 9.62. The number of rotatable bonds is 4. The fourth-order valence-corrected chi connectivity index (χ4v) is 2.34. The fourth-order valence-electron chi connectivity index (χ4n) is 2.34. The van der Waals surface area contributed by atoms with Crippen LogP contribution in [0.25, 0.3) is 0 Å². The van der Waals surface area contributed by atoms with Crippen LogP contribution in [0.3, 0.4) is 0 Å². The average molecular weight is 164 g/mol. The summed E-state index contributed by atoms with van der Waals surface area (Å²) in [6.45, 7) is 8.27. The number of hydrogen-bond donors (Lipinski definition) is 0. The van der Waals surface area contributed by atoms with E-state index in [9.17, 15) is 0 Å². The van der Waals surface area contributed by atoms with Crippen molar-refractivity contribution in [2.75, 3.05) is 0 Å². The number of allylic oxidation sites excluding steroid dienone is 3. The molecule has 0 bridgehead atoms. The van der Waals surface area contributed by atoms with Crippen LogP contribution in [0.15, 0.2) is 24.8 Å². The molecule has 1 aliphatic carbocycles. The minimum atomic E-state index is 0.810. The zero-order chi connectivity index (χ0) is 8.97. The first-order valence-corrected chi connectivity index (χ1v) is 5.07. The van der Waals surface area contributed by atoms with Crippen LogP contribution < -0.4 is 0 Å². The molecule has 0 N–H and O–H groups in total. The van der Waals surface area contributed by atoms with Gasteiger partial charge in [-0.1, -0.05) is 31.6 Å². The molecule has 0 heterocycles. The van der Waals surface area contributed by atoms with Crippen LogP contribution in [0.5, 0.6) is 0 Å². The van der Waals surface area contributed by atoms with E-state index in [1.54, 1.807) is 0 Å². The van der Waals surface area contributed by atoms with E-state index in [0.29, 0.717) is 0 Å². The molecule has 0 amide bonds. The number of hydrogen-bond acceptors (Lipinski definition) is 0. The molecule has 0 spiro atoms. The van der Waals surface area contributed by atoms with Crippen LogP contribution in [0.4, 0.5) is 0 Å². The molecule has 0 aromatic heterocycles. The maximum atomic E-state index is 3.88. The van der Waals surface area contributed by atoms with Crippen molar-refractivity contribution in [1.82, 2.24) is 0 Å². The van der Waals surface area contributed by atoms with Gasteiger partial charge in [0.1, 0.15) is 0 Å².